The van der Waals surface area contributed by atoms with Crippen LogP contribution in [0.5, 0.6) is 0 Å². The van der Waals surface area contributed by atoms with E-state index < -0.39 is 0 Å². The first-order valence-corrected chi connectivity index (χ1v) is 45.7. The van der Waals surface area contributed by atoms with E-state index in [1.807, 2.05) is 58.0 Å². The third-order valence-corrected chi connectivity index (χ3v) is 26.9. The van der Waals surface area contributed by atoms with E-state index in [1.54, 1.807) is 56.1 Å². The Labute approximate surface area is 787 Å². The summed E-state index contributed by atoms with van der Waals surface area (Å²) >= 11 is 0. The van der Waals surface area contributed by atoms with Crippen LogP contribution in [0.25, 0.3) is 208 Å². The Hall–Kier alpha value is -17.0. The van der Waals surface area contributed by atoms with Gasteiger partial charge < -0.3 is 37.2 Å². The second kappa shape index (κ2) is 36.3. The van der Waals surface area contributed by atoms with Crippen LogP contribution in [0.3, 0.4) is 0 Å². The molecule has 0 bridgehead atoms. The predicted molar refractivity (Wildman–Crippen MR) is 567 cm³/mol. The molecular weight excluding hydrogens is 1670 g/mol. The zero-order chi connectivity index (χ0) is 93.8. The van der Waals surface area contributed by atoms with Crippen molar-refractivity contribution in [1.82, 2.24) is 18.3 Å². The van der Waals surface area contributed by atoms with Crippen molar-refractivity contribution in [2.75, 3.05) is 28.4 Å². The zero-order valence-electron chi connectivity index (χ0n) is 77.9. The molecule has 0 atom stereocenters. The van der Waals surface area contributed by atoms with Gasteiger partial charge in [-0.15, -0.1) is 0 Å². The summed E-state index contributed by atoms with van der Waals surface area (Å²) in [5.74, 6) is 2.49. The first-order valence-electron chi connectivity index (χ1n) is 45.7. The lowest BCUT2D eigenvalue weighted by atomic mass is 9.88. The number of para-hydroxylation sites is 8. The highest BCUT2D eigenvalue weighted by atomic mass is 16.5. The molecule has 0 radical (unpaired) electrons. The zero-order valence-corrected chi connectivity index (χ0v) is 77.9. The Morgan fingerprint density at radius 1 is 0.199 bits per heavy atom. The van der Waals surface area contributed by atoms with Crippen molar-refractivity contribution in [3.63, 3.8) is 0 Å². The first-order chi connectivity index (χ1) is 66.4. The third-order valence-electron chi connectivity index (χ3n) is 26.9. The summed E-state index contributed by atoms with van der Waals surface area (Å²) < 4.78 is 31.3. The van der Waals surface area contributed by atoms with Crippen molar-refractivity contribution in [3.8, 4) is 22.7 Å². The van der Waals surface area contributed by atoms with E-state index in [0.717, 1.165) is 131 Å². The summed E-state index contributed by atoms with van der Waals surface area (Å²) in [6.45, 7) is 13.8. The van der Waals surface area contributed by atoms with Gasteiger partial charge in [0.05, 0.1) is 106 Å². The number of Topliss-reactive ketones (excluding diaryl/α,β-unsaturated/α-hetero) is 4. The number of hydrogen-bond donors (Lipinski definition) is 0. The molecule has 23 aromatic rings. The molecule has 0 spiro atoms. The topological polar surface area (TPSA) is 125 Å². The smallest absolute Gasteiger partial charge is 0.163 e. The van der Waals surface area contributed by atoms with Gasteiger partial charge in [0.15, 0.2) is 23.1 Å². The molecule has 0 N–H and O–H groups in total. The molecule has 0 saturated carbocycles. The van der Waals surface area contributed by atoms with Gasteiger partial charge in [-0.25, -0.2) is 0 Å². The number of aromatic nitrogens is 4. The number of fused-ring (bicyclic) bond motifs is 21. The molecular formula is C124H98N4O8. The Bertz CT molecular complexity index is 8780. The maximum absolute atomic E-state index is 13.0. The summed E-state index contributed by atoms with van der Waals surface area (Å²) in [7, 11) is 6.43. The van der Waals surface area contributed by atoms with Crippen molar-refractivity contribution in [1.29, 1.82) is 0 Å². The van der Waals surface area contributed by atoms with Crippen LogP contribution in [-0.2, 0) is 38.1 Å². The monoisotopic (exact) mass is 1770 g/mol. The van der Waals surface area contributed by atoms with Crippen LogP contribution in [0, 0.1) is 0 Å². The SMILES string of the molecule is CO/C(C)=C(\C(C)=O)c1c2ccccc2c(-n2c3ccccc3c3ccccc32)c2ccccc12.CO/C(C)=C(\C(C)=O)c1cc2c3ccccc3c(-n3c4ccccc4c4ccccc43)cc2c2ccccc12.CO/C(C)=C(\C(C)=O)c1ccc2cc(-n3c4ccccc4c4ccccc43)ccc2c1.CO/C(C)=C(\C(C)=O)c1ccc2ccc(-n3c4ccccc4c4ccccc43)cc2c1. The molecule has 0 saturated heterocycles. The lowest BCUT2D eigenvalue weighted by Gasteiger charge is -2.20. The van der Waals surface area contributed by atoms with Crippen LogP contribution in [0.1, 0.15) is 77.6 Å². The lowest BCUT2D eigenvalue weighted by molar-refractivity contribution is -0.112. The molecule has 0 unspecified atom stereocenters. The molecule has 662 valence electrons. The minimum atomic E-state index is -0.00994. The Kier molecular flexibility index (Phi) is 23.2. The van der Waals surface area contributed by atoms with E-state index >= 15 is 0 Å². The van der Waals surface area contributed by atoms with E-state index in [1.165, 1.54) is 76.2 Å². The minimum Gasteiger partial charge on any atom is -0.501 e. The van der Waals surface area contributed by atoms with Gasteiger partial charge in [-0.3, -0.25) is 19.2 Å². The fourth-order valence-electron chi connectivity index (χ4n) is 20.7. The number of rotatable bonds is 16. The van der Waals surface area contributed by atoms with Crippen LogP contribution in [0.15, 0.2) is 399 Å². The number of benzene rings is 19. The van der Waals surface area contributed by atoms with Gasteiger partial charge in [-0.2, -0.15) is 0 Å². The highest BCUT2D eigenvalue weighted by Gasteiger charge is 2.27. The number of hydrogen-bond acceptors (Lipinski definition) is 8. The van der Waals surface area contributed by atoms with Crippen molar-refractivity contribution in [2.24, 2.45) is 0 Å². The minimum absolute atomic E-state index is 0.000556. The Morgan fingerprint density at radius 2 is 0.463 bits per heavy atom. The maximum atomic E-state index is 13.0. The molecule has 4 aromatic heterocycles. The quantitative estimate of drug-likeness (QED) is 0.0405. The van der Waals surface area contributed by atoms with Gasteiger partial charge in [0.1, 0.15) is 23.0 Å². The fraction of sp³-hybridized carbons (Fsp3) is 0.0968. The Morgan fingerprint density at radius 3 is 0.846 bits per heavy atom. The highest BCUT2D eigenvalue weighted by Crippen LogP contribution is 2.47. The second-order valence-corrected chi connectivity index (χ2v) is 34.6. The van der Waals surface area contributed by atoms with Gasteiger partial charge in [-0.1, -0.05) is 279 Å². The molecule has 12 nitrogen and oxygen atoms in total. The van der Waals surface area contributed by atoms with E-state index in [2.05, 4.69) is 364 Å². The third kappa shape index (κ3) is 15.1. The molecule has 0 aliphatic rings. The fourth-order valence-corrected chi connectivity index (χ4v) is 20.7. The van der Waals surface area contributed by atoms with Gasteiger partial charge in [0.2, 0.25) is 0 Å². The van der Waals surface area contributed by atoms with Crippen LogP contribution in [0.4, 0.5) is 0 Å². The molecule has 0 aliphatic heterocycles. The van der Waals surface area contributed by atoms with E-state index in [9.17, 15) is 19.2 Å². The molecule has 23 rings (SSSR count). The predicted octanol–water partition coefficient (Wildman–Crippen LogP) is 31.1. The number of carbonyl (C=O) groups is 4. The molecule has 136 heavy (non-hydrogen) atoms. The van der Waals surface area contributed by atoms with Crippen LogP contribution in [0.2, 0.25) is 0 Å². The Balaban J connectivity index is 0.000000113. The highest BCUT2D eigenvalue weighted by molar-refractivity contribution is 6.32. The second-order valence-electron chi connectivity index (χ2n) is 34.6. The summed E-state index contributed by atoms with van der Waals surface area (Å²) in [5, 5.41) is 25.3. The summed E-state index contributed by atoms with van der Waals surface area (Å²) in [4.78, 5) is 50.3. The molecule has 0 fully saturated rings. The molecule has 0 aliphatic carbocycles. The van der Waals surface area contributed by atoms with Crippen molar-refractivity contribution < 1.29 is 38.1 Å². The molecule has 19 aromatic carbocycles. The van der Waals surface area contributed by atoms with Crippen molar-refractivity contribution in [3.05, 3.63) is 421 Å². The average Bonchev–Trinajstić information content (AvgIpc) is 1.46. The summed E-state index contributed by atoms with van der Waals surface area (Å²) in [6.07, 6.45) is 0. The number of ether oxygens (including phenoxy) is 4. The largest absolute Gasteiger partial charge is 0.501 e. The number of carbonyl (C=O) groups excluding carboxylic acids is 4. The van der Waals surface area contributed by atoms with Gasteiger partial charge in [-0.05, 0) is 228 Å². The number of allylic oxidation sites excluding steroid dienone is 8. The molecule has 0 amide bonds. The van der Waals surface area contributed by atoms with Gasteiger partial charge in [0.25, 0.3) is 0 Å². The average molecular weight is 1770 g/mol. The summed E-state index contributed by atoms with van der Waals surface area (Å²) in [5.41, 5.74) is 20.0. The summed E-state index contributed by atoms with van der Waals surface area (Å²) in [6, 6.07) is 132. The van der Waals surface area contributed by atoms with Crippen molar-refractivity contribution in [2.45, 2.75) is 55.4 Å². The van der Waals surface area contributed by atoms with Gasteiger partial charge in [0, 0.05) is 76.2 Å². The number of ketones is 4. The standard InChI is InChI=1S/C36H27NO2.C32H25NO2.2C28H23NO2/c1-22(38)36(23(2)39-3)32-20-30-26-14-6-7-15-27(26)35(21-31(30)24-12-4-5-13-25(24)32)37-33-18-10-8-16-28(33)29-17-9-11-19-34(29)37;1-20(34)30(21(2)35-3)31-24-14-4-6-16-26(24)32(27-17-7-5-15-25(27)31)33-28-18-10-8-12-22(28)23-13-9-11-19-29(23)33;1-18(30)28(19(2)31-3)22-13-12-21-17-23(15-14-20(21)16-22)29-26-10-6-4-8-24(26)25-9-5-7-11-27(25)29;1-18(30)28(19(2)31-3)21-13-12-20-14-15-23(17-22(20)16-21)29-26-10-6-4-8-24(26)25-9-5-7-11-27(25)29/h4-21H,1-3H3;4-19H,1-3H3;2*4-17H,1-3H3/b36-23+;30-21+;2*28-19+. The molecule has 12 heteroatoms. The first kappa shape index (κ1) is 87.0. The van der Waals surface area contributed by atoms with Crippen LogP contribution in [-0.4, -0.2) is 69.8 Å². The van der Waals surface area contributed by atoms with Crippen molar-refractivity contribution >= 4 is 208 Å². The normalized spacial score (nSPS) is 12.4. The number of methoxy groups -OCH3 is 4. The lowest BCUT2D eigenvalue weighted by Crippen LogP contribution is -2.05. The van der Waals surface area contributed by atoms with E-state index in [-0.39, 0.29) is 23.1 Å². The number of nitrogens with zero attached hydrogens (tertiary/aromatic N) is 4. The molecule has 4 heterocycles. The van der Waals surface area contributed by atoms with Gasteiger partial charge >= 0.3 is 0 Å². The maximum Gasteiger partial charge on any atom is 0.163 e. The van der Waals surface area contributed by atoms with Crippen LogP contribution < -0.4 is 0 Å². The van der Waals surface area contributed by atoms with Crippen LogP contribution >= 0.6 is 0 Å². The van der Waals surface area contributed by atoms with E-state index in [0.29, 0.717) is 45.3 Å². The van der Waals surface area contributed by atoms with E-state index in [4.69, 9.17) is 18.9 Å².